The number of nitrogens with zero attached hydrogens (tertiary/aromatic N) is 1. The zero-order chi connectivity index (χ0) is 12.3. The number of morpholine rings is 1. The Morgan fingerprint density at radius 2 is 1.82 bits per heavy atom. The van der Waals surface area contributed by atoms with E-state index in [2.05, 4.69) is 5.32 Å². The third-order valence-corrected chi connectivity index (χ3v) is 3.72. The van der Waals surface area contributed by atoms with Crippen molar-refractivity contribution in [1.29, 1.82) is 0 Å². The van der Waals surface area contributed by atoms with Crippen LogP contribution >= 0.6 is 0 Å². The highest BCUT2D eigenvalue weighted by Gasteiger charge is 2.26. The summed E-state index contributed by atoms with van der Waals surface area (Å²) in [7, 11) is 0. The summed E-state index contributed by atoms with van der Waals surface area (Å²) in [5.74, 6) is 0.704. The molecule has 2 atom stereocenters. The predicted octanol–water partition coefficient (Wildman–Crippen LogP) is 2.00. The molecule has 2 rings (SSSR count). The van der Waals surface area contributed by atoms with Crippen molar-refractivity contribution in [2.75, 3.05) is 19.6 Å². The summed E-state index contributed by atoms with van der Waals surface area (Å²) in [4.78, 5) is 13.9. The van der Waals surface area contributed by atoms with Gasteiger partial charge in [0, 0.05) is 19.6 Å². The van der Waals surface area contributed by atoms with Crippen molar-refractivity contribution in [2.45, 2.75) is 51.7 Å². The third-order valence-electron chi connectivity index (χ3n) is 3.72. The van der Waals surface area contributed by atoms with Crippen LogP contribution < -0.4 is 5.32 Å². The minimum Gasteiger partial charge on any atom is -0.372 e. The molecule has 0 bridgehead atoms. The van der Waals surface area contributed by atoms with Gasteiger partial charge in [-0.2, -0.15) is 0 Å². The van der Waals surface area contributed by atoms with Gasteiger partial charge < -0.3 is 15.0 Å². The number of hydrogen-bond donors (Lipinski definition) is 1. The van der Waals surface area contributed by atoms with Gasteiger partial charge in [0.15, 0.2) is 0 Å². The molecule has 1 N–H and O–H groups in total. The van der Waals surface area contributed by atoms with Gasteiger partial charge in [0.2, 0.25) is 0 Å². The highest BCUT2D eigenvalue weighted by atomic mass is 16.5. The molecule has 1 heterocycles. The first-order valence-electron chi connectivity index (χ1n) is 6.83. The van der Waals surface area contributed by atoms with Gasteiger partial charge >= 0.3 is 6.03 Å². The highest BCUT2D eigenvalue weighted by molar-refractivity contribution is 5.74. The molecule has 1 aliphatic heterocycles. The molecule has 0 radical (unpaired) electrons. The van der Waals surface area contributed by atoms with Gasteiger partial charge in [0.05, 0.1) is 12.2 Å². The maximum Gasteiger partial charge on any atom is 0.317 e. The Morgan fingerprint density at radius 3 is 2.41 bits per heavy atom. The number of carbonyl (C=O) groups is 1. The second kappa shape index (κ2) is 5.71. The summed E-state index contributed by atoms with van der Waals surface area (Å²) in [5, 5.41) is 3.07. The molecule has 17 heavy (non-hydrogen) atoms. The minimum absolute atomic E-state index is 0.0823. The lowest BCUT2D eigenvalue weighted by Crippen LogP contribution is -2.52. The van der Waals surface area contributed by atoms with Gasteiger partial charge in [-0.25, -0.2) is 4.79 Å². The van der Waals surface area contributed by atoms with Gasteiger partial charge in [-0.15, -0.1) is 0 Å². The van der Waals surface area contributed by atoms with Crippen LogP contribution in [0.1, 0.15) is 39.5 Å². The van der Waals surface area contributed by atoms with Crippen LogP contribution in [0.3, 0.4) is 0 Å². The van der Waals surface area contributed by atoms with Crippen LogP contribution in [0.4, 0.5) is 4.79 Å². The van der Waals surface area contributed by atoms with E-state index in [1.165, 1.54) is 25.7 Å². The molecule has 98 valence electrons. The molecule has 1 aliphatic carbocycles. The highest BCUT2D eigenvalue weighted by Crippen LogP contribution is 2.23. The van der Waals surface area contributed by atoms with Crippen LogP contribution in [0.5, 0.6) is 0 Å². The van der Waals surface area contributed by atoms with Gasteiger partial charge in [0.25, 0.3) is 0 Å². The maximum absolute atomic E-state index is 12.0. The topological polar surface area (TPSA) is 41.6 Å². The summed E-state index contributed by atoms with van der Waals surface area (Å²) >= 11 is 0. The van der Waals surface area contributed by atoms with Crippen molar-refractivity contribution in [3.63, 3.8) is 0 Å². The number of rotatable bonds is 2. The molecule has 4 heteroatoms. The Balaban J connectivity index is 1.74. The van der Waals surface area contributed by atoms with Crippen LogP contribution in [0.25, 0.3) is 0 Å². The Kier molecular flexibility index (Phi) is 4.26. The smallest absolute Gasteiger partial charge is 0.317 e. The van der Waals surface area contributed by atoms with Gasteiger partial charge in [0.1, 0.15) is 0 Å². The van der Waals surface area contributed by atoms with Crippen LogP contribution in [0.2, 0.25) is 0 Å². The first-order chi connectivity index (χ1) is 8.15. The molecule has 4 nitrogen and oxygen atoms in total. The number of nitrogens with one attached hydrogen (secondary N) is 1. The van der Waals surface area contributed by atoms with E-state index in [1.54, 1.807) is 0 Å². The van der Waals surface area contributed by atoms with Gasteiger partial charge in [-0.3, -0.25) is 0 Å². The van der Waals surface area contributed by atoms with Crippen molar-refractivity contribution in [2.24, 2.45) is 5.92 Å². The minimum atomic E-state index is 0.0823. The molecular formula is C13H24N2O2. The lowest BCUT2D eigenvalue weighted by Gasteiger charge is -2.35. The fourth-order valence-electron chi connectivity index (χ4n) is 2.90. The van der Waals surface area contributed by atoms with Crippen LogP contribution in [0, 0.1) is 5.92 Å². The van der Waals surface area contributed by atoms with Crippen molar-refractivity contribution in [3.8, 4) is 0 Å². The van der Waals surface area contributed by atoms with E-state index in [9.17, 15) is 4.79 Å². The number of urea groups is 1. The Bertz CT molecular complexity index is 254. The predicted molar refractivity (Wildman–Crippen MR) is 66.9 cm³/mol. The average molecular weight is 240 g/mol. The normalized spacial score (nSPS) is 30.6. The number of hydrogen-bond acceptors (Lipinski definition) is 2. The average Bonchev–Trinajstić information content (AvgIpc) is 2.77. The molecule has 1 saturated carbocycles. The summed E-state index contributed by atoms with van der Waals surface area (Å²) in [6, 6.07) is 0.0823. The zero-order valence-corrected chi connectivity index (χ0v) is 10.9. The molecule has 2 amide bonds. The fourth-order valence-corrected chi connectivity index (χ4v) is 2.90. The monoisotopic (exact) mass is 240 g/mol. The zero-order valence-electron chi connectivity index (χ0n) is 10.9. The second-order valence-electron chi connectivity index (χ2n) is 5.50. The van der Waals surface area contributed by atoms with Crippen molar-refractivity contribution in [1.82, 2.24) is 10.2 Å². The lowest BCUT2D eigenvalue weighted by atomic mass is 10.1. The molecule has 0 spiro atoms. The maximum atomic E-state index is 12.0. The van der Waals surface area contributed by atoms with Crippen molar-refractivity contribution in [3.05, 3.63) is 0 Å². The molecule has 2 aliphatic rings. The van der Waals surface area contributed by atoms with E-state index < -0.39 is 0 Å². The van der Waals surface area contributed by atoms with Crippen molar-refractivity contribution < 1.29 is 9.53 Å². The molecule has 0 aromatic rings. The first-order valence-corrected chi connectivity index (χ1v) is 6.83. The van der Waals surface area contributed by atoms with Crippen LogP contribution in [-0.2, 0) is 4.74 Å². The Morgan fingerprint density at radius 1 is 1.24 bits per heavy atom. The third kappa shape index (κ3) is 3.60. The van der Waals surface area contributed by atoms with Gasteiger partial charge in [-0.05, 0) is 32.6 Å². The summed E-state index contributed by atoms with van der Waals surface area (Å²) in [5.41, 5.74) is 0. The van der Waals surface area contributed by atoms with E-state index >= 15 is 0 Å². The fraction of sp³-hybridized carbons (Fsp3) is 0.923. The summed E-state index contributed by atoms with van der Waals surface area (Å²) in [6.45, 7) is 6.31. The van der Waals surface area contributed by atoms with E-state index in [0.29, 0.717) is 19.0 Å². The molecule has 2 unspecified atom stereocenters. The van der Waals surface area contributed by atoms with E-state index in [1.807, 2.05) is 18.7 Å². The summed E-state index contributed by atoms with van der Waals surface area (Å²) < 4.78 is 5.62. The Hall–Kier alpha value is -0.770. The van der Waals surface area contributed by atoms with E-state index in [4.69, 9.17) is 4.74 Å². The number of amides is 2. The number of carbonyl (C=O) groups excluding carboxylic acids is 1. The van der Waals surface area contributed by atoms with E-state index in [-0.39, 0.29) is 18.2 Å². The lowest BCUT2D eigenvalue weighted by molar-refractivity contribution is -0.0545. The summed E-state index contributed by atoms with van der Waals surface area (Å²) in [6.07, 6.45) is 5.50. The molecule has 0 aromatic carbocycles. The molecule has 2 fully saturated rings. The quantitative estimate of drug-likeness (QED) is 0.802. The second-order valence-corrected chi connectivity index (χ2v) is 5.50. The number of ether oxygens (including phenoxy) is 1. The largest absolute Gasteiger partial charge is 0.372 e. The van der Waals surface area contributed by atoms with Gasteiger partial charge in [-0.1, -0.05) is 12.8 Å². The molecule has 1 saturated heterocycles. The van der Waals surface area contributed by atoms with Crippen LogP contribution in [-0.4, -0.2) is 42.8 Å². The SMILES string of the molecule is CC1CN(C(=O)NCC2CCCC2)CC(C)O1. The van der Waals surface area contributed by atoms with Crippen LogP contribution in [0.15, 0.2) is 0 Å². The standard InChI is InChI=1S/C13H24N2O2/c1-10-8-15(9-11(2)17-10)13(16)14-7-12-5-3-4-6-12/h10-12H,3-9H2,1-2H3,(H,14,16). The van der Waals surface area contributed by atoms with Crippen molar-refractivity contribution >= 4 is 6.03 Å². The molecule has 0 aromatic heterocycles. The first kappa shape index (κ1) is 12.7. The van der Waals surface area contributed by atoms with E-state index in [0.717, 1.165) is 6.54 Å². The Labute approximate surface area is 104 Å². The molecular weight excluding hydrogens is 216 g/mol.